The molecule has 0 aliphatic rings. The van der Waals surface area contributed by atoms with Gasteiger partial charge in [-0.15, -0.1) is 6.58 Å². The van der Waals surface area contributed by atoms with E-state index in [2.05, 4.69) is 6.58 Å². The summed E-state index contributed by atoms with van der Waals surface area (Å²) in [6, 6.07) is 0. The molecular formula is C11H20O4. The molecule has 0 aromatic rings. The van der Waals surface area contributed by atoms with Crippen LogP contribution in [0.3, 0.4) is 0 Å². The lowest BCUT2D eigenvalue weighted by Gasteiger charge is -2.23. The van der Waals surface area contributed by atoms with E-state index in [1.807, 2.05) is 0 Å². The molecule has 0 aliphatic carbocycles. The highest BCUT2D eigenvalue weighted by Gasteiger charge is 2.28. The Morgan fingerprint density at radius 3 is 2.40 bits per heavy atom. The lowest BCUT2D eigenvalue weighted by molar-refractivity contribution is -0.171. The van der Waals surface area contributed by atoms with Gasteiger partial charge in [-0.25, -0.2) is 4.79 Å². The van der Waals surface area contributed by atoms with Gasteiger partial charge in [0.15, 0.2) is 6.10 Å². The maximum Gasteiger partial charge on any atom is 0.338 e. The minimum Gasteiger partial charge on any atom is -0.458 e. The van der Waals surface area contributed by atoms with Crippen LogP contribution in [0.25, 0.3) is 0 Å². The van der Waals surface area contributed by atoms with Crippen LogP contribution < -0.4 is 0 Å². The Morgan fingerprint density at radius 2 is 2.00 bits per heavy atom. The van der Waals surface area contributed by atoms with Crippen molar-refractivity contribution in [2.24, 2.45) is 0 Å². The average Bonchev–Trinajstić information content (AvgIpc) is 2.10. The first kappa shape index (κ1) is 14.1. The molecule has 0 radical (unpaired) electrons. The van der Waals surface area contributed by atoms with Crippen molar-refractivity contribution in [2.45, 2.75) is 51.4 Å². The molecular weight excluding hydrogens is 196 g/mol. The third kappa shape index (κ3) is 6.25. The summed E-state index contributed by atoms with van der Waals surface area (Å²) in [5, 5.41) is 18.8. The number of hydrogen-bond donors (Lipinski definition) is 2. The zero-order chi connectivity index (χ0) is 12.1. The van der Waals surface area contributed by atoms with Gasteiger partial charge in [0.1, 0.15) is 5.60 Å². The van der Waals surface area contributed by atoms with Gasteiger partial charge in [-0.3, -0.25) is 0 Å². The van der Waals surface area contributed by atoms with Crippen molar-refractivity contribution in [3.05, 3.63) is 12.7 Å². The second kappa shape index (κ2) is 5.88. The van der Waals surface area contributed by atoms with E-state index in [4.69, 9.17) is 4.74 Å². The lowest BCUT2D eigenvalue weighted by Crippen LogP contribution is -2.39. The number of rotatable bonds is 5. The van der Waals surface area contributed by atoms with E-state index in [0.717, 1.165) is 0 Å². The summed E-state index contributed by atoms with van der Waals surface area (Å²) >= 11 is 0. The van der Waals surface area contributed by atoms with E-state index in [1.165, 1.54) is 0 Å². The van der Waals surface area contributed by atoms with E-state index in [9.17, 15) is 15.0 Å². The van der Waals surface area contributed by atoms with E-state index >= 15 is 0 Å². The molecule has 0 aromatic heterocycles. The first-order valence-electron chi connectivity index (χ1n) is 4.98. The molecule has 88 valence electrons. The SMILES string of the molecule is C=CCCC(O)C(O)C(=O)OC(C)(C)C. The van der Waals surface area contributed by atoms with E-state index < -0.39 is 23.8 Å². The molecule has 2 N–H and O–H groups in total. The molecule has 0 rings (SSSR count). The Hall–Kier alpha value is -0.870. The van der Waals surface area contributed by atoms with Gasteiger partial charge in [-0.1, -0.05) is 6.08 Å². The highest BCUT2D eigenvalue weighted by Crippen LogP contribution is 2.11. The maximum atomic E-state index is 11.3. The number of carbonyl (C=O) groups excluding carboxylic acids is 1. The van der Waals surface area contributed by atoms with Crippen molar-refractivity contribution < 1.29 is 19.7 Å². The van der Waals surface area contributed by atoms with Crippen molar-refractivity contribution in [1.82, 2.24) is 0 Å². The second-order valence-corrected chi connectivity index (χ2v) is 4.41. The van der Waals surface area contributed by atoms with Crippen molar-refractivity contribution in [3.8, 4) is 0 Å². The third-order valence-electron chi connectivity index (χ3n) is 1.68. The van der Waals surface area contributed by atoms with Crippen molar-refractivity contribution in [1.29, 1.82) is 0 Å². The molecule has 0 aliphatic heterocycles. The molecule has 4 nitrogen and oxygen atoms in total. The Balaban J connectivity index is 4.13. The Kier molecular flexibility index (Phi) is 5.54. The topological polar surface area (TPSA) is 66.8 Å². The molecule has 2 unspecified atom stereocenters. The van der Waals surface area contributed by atoms with Gasteiger partial charge in [0, 0.05) is 0 Å². The zero-order valence-corrected chi connectivity index (χ0v) is 9.56. The number of aliphatic hydroxyl groups excluding tert-OH is 2. The van der Waals surface area contributed by atoms with Crippen molar-refractivity contribution in [2.75, 3.05) is 0 Å². The molecule has 0 saturated carbocycles. The fraction of sp³-hybridized carbons (Fsp3) is 0.727. The monoisotopic (exact) mass is 216 g/mol. The molecule has 0 bridgehead atoms. The van der Waals surface area contributed by atoms with Crippen LogP contribution in [0.5, 0.6) is 0 Å². The molecule has 15 heavy (non-hydrogen) atoms. The lowest BCUT2D eigenvalue weighted by atomic mass is 10.1. The Bertz CT molecular complexity index is 217. The van der Waals surface area contributed by atoms with Gasteiger partial charge in [-0.05, 0) is 33.6 Å². The summed E-state index contributed by atoms with van der Waals surface area (Å²) in [4.78, 5) is 11.3. The fourth-order valence-corrected chi connectivity index (χ4v) is 0.966. The quantitative estimate of drug-likeness (QED) is 0.532. The predicted molar refractivity (Wildman–Crippen MR) is 57.3 cm³/mol. The normalized spacial score (nSPS) is 15.5. The summed E-state index contributed by atoms with van der Waals surface area (Å²) in [5.41, 5.74) is -0.657. The minimum atomic E-state index is -1.48. The van der Waals surface area contributed by atoms with Crippen molar-refractivity contribution in [3.63, 3.8) is 0 Å². The molecule has 0 fully saturated rings. The average molecular weight is 216 g/mol. The molecule has 2 atom stereocenters. The Labute approximate surface area is 90.6 Å². The third-order valence-corrected chi connectivity index (χ3v) is 1.68. The first-order valence-corrected chi connectivity index (χ1v) is 4.98. The van der Waals surface area contributed by atoms with Crippen LogP contribution in [0.4, 0.5) is 0 Å². The van der Waals surface area contributed by atoms with Crippen LogP contribution in [0, 0.1) is 0 Å². The summed E-state index contributed by atoms with van der Waals surface area (Å²) in [6.45, 7) is 8.59. The zero-order valence-electron chi connectivity index (χ0n) is 9.56. The standard InChI is InChI=1S/C11H20O4/c1-5-6-7-8(12)9(13)10(14)15-11(2,3)4/h5,8-9,12-13H,1,6-7H2,2-4H3. The number of allylic oxidation sites excluding steroid dienone is 1. The molecule has 0 spiro atoms. The number of ether oxygens (including phenoxy) is 1. The van der Waals surface area contributed by atoms with Gasteiger partial charge >= 0.3 is 5.97 Å². The van der Waals surface area contributed by atoms with Gasteiger partial charge < -0.3 is 14.9 Å². The predicted octanol–water partition coefficient (Wildman–Crippen LogP) is 1.02. The summed E-state index contributed by atoms with van der Waals surface area (Å²) in [5.74, 6) is -0.793. The molecule has 0 amide bonds. The molecule has 0 aromatic carbocycles. The van der Waals surface area contributed by atoms with Gasteiger partial charge in [-0.2, -0.15) is 0 Å². The fourth-order valence-electron chi connectivity index (χ4n) is 0.966. The van der Waals surface area contributed by atoms with Crippen LogP contribution in [0.2, 0.25) is 0 Å². The van der Waals surface area contributed by atoms with Crippen LogP contribution in [0.15, 0.2) is 12.7 Å². The second-order valence-electron chi connectivity index (χ2n) is 4.41. The summed E-state index contributed by atoms with van der Waals surface area (Å²) < 4.78 is 4.93. The first-order chi connectivity index (χ1) is 6.78. The molecule has 0 heterocycles. The van der Waals surface area contributed by atoms with E-state index in [1.54, 1.807) is 26.8 Å². The smallest absolute Gasteiger partial charge is 0.338 e. The van der Waals surface area contributed by atoms with Gasteiger partial charge in [0.05, 0.1) is 6.10 Å². The number of esters is 1. The highest BCUT2D eigenvalue weighted by atomic mass is 16.6. The highest BCUT2D eigenvalue weighted by molar-refractivity contribution is 5.75. The number of hydrogen-bond acceptors (Lipinski definition) is 4. The largest absolute Gasteiger partial charge is 0.458 e. The number of aliphatic hydroxyl groups is 2. The van der Waals surface area contributed by atoms with E-state index in [-0.39, 0.29) is 0 Å². The maximum absolute atomic E-state index is 11.3. The van der Waals surface area contributed by atoms with Crippen LogP contribution in [0.1, 0.15) is 33.6 Å². The van der Waals surface area contributed by atoms with Gasteiger partial charge in [0.25, 0.3) is 0 Å². The summed E-state index contributed by atoms with van der Waals surface area (Å²) in [7, 11) is 0. The number of carbonyl (C=O) groups is 1. The molecule has 4 heteroatoms. The van der Waals surface area contributed by atoms with E-state index in [0.29, 0.717) is 12.8 Å². The van der Waals surface area contributed by atoms with Crippen LogP contribution >= 0.6 is 0 Å². The Morgan fingerprint density at radius 1 is 1.47 bits per heavy atom. The minimum absolute atomic E-state index is 0.296. The van der Waals surface area contributed by atoms with Crippen molar-refractivity contribution >= 4 is 5.97 Å². The van der Waals surface area contributed by atoms with Gasteiger partial charge in [0.2, 0.25) is 0 Å². The van der Waals surface area contributed by atoms with Crippen LogP contribution in [-0.4, -0.2) is 34.0 Å². The summed E-state index contributed by atoms with van der Waals surface area (Å²) in [6.07, 6.45) is -0.127. The van der Waals surface area contributed by atoms with Crippen LogP contribution in [-0.2, 0) is 9.53 Å². The molecule has 0 saturated heterocycles.